The Morgan fingerprint density at radius 2 is 1.71 bits per heavy atom. The highest BCUT2D eigenvalue weighted by Crippen LogP contribution is 2.42. The van der Waals surface area contributed by atoms with Gasteiger partial charge in [0.25, 0.3) is 0 Å². The van der Waals surface area contributed by atoms with Crippen LogP contribution < -0.4 is 4.74 Å². The first kappa shape index (κ1) is 20.9. The van der Waals surface area contributed by atoms with Crippen LogP contribution in [0, 0.1) is 6.92 Å². The Balaban J connectivity index is 1.64. The quantitative estimate of drug-likeness (QED) is 0.430. The molecule has 158 valence electrons. The zero-order chi connectivity index (χ0) is 21.6. The lowest BCUT2D eigenvalue weighted by molar-refractivity contribution is 0.0519. The van der Waals surface area contributed by atoms with E-state index in [9.17, 15) is 4.79 Å². The van der Waals surface area contributed by atoms with E-state index in [0.717, 1.165) is 41.8 Å². The fourth-order valence-electron chi connectivity index (χ4n) is 3.93. The van der Waals surface area contributed by atoms with Gasteiger partial charge in [-0.1, -0.05) is 54.1 Å². The van der Waals surface area contributed by atoms with Gasteiger partial charge in [0, 0.05) is 5.56 Å². The Bertz CT molecular complexity index is 1100. The van der Waals surface area contributed by atoms with Crippen molar-refractivity contribution in [3.05, 3.63) is 94.8 Å². The minimum Gasteiger partial charge on any atom is -0.488 e. The van der Waals surface area contributed by atoms with Crippen LogP contribution in [0.2, 0.25) is 0 Å². The van der Waals surface area contributed by atoms with Crippen LogP contribution in [0.15, 0.2) is 66.7 Å². The molecule has 0 unspecified atom stereocenters. The molecule has 0 N–H and O–H groups in total. The van der Waals surface area contributed by atoms with Crippen LogP contribution in [0.4, 0.5) is 0 Å². The van der Waals surface area contributed by atoms with Gasteiger partial charge in [0.15, 0.2) is 0 Å². The standard InChI is InChI=1S/C27H27NO3/c1-3-30-27(29)25-12-7-11-24(28-25)22-10-6-9-21(22)23-8-4-5-13-26(23)31-18-20-16-14-19(2)15-17-20/h4-5,7-8,11-17H,3,6,9-10,18H2,1-2H3. The van der Waals surface area contributed by atoms with E-state index in [2.05, 4.69) is 42.2 Å². The molecule has 0 amide bonds. The maximum atomic E-state index is 12.1. The van der Waals surface area contributed by atoms with Gasteiger partial charge in [-0.3, -0.25) is 0 Å². The number of nitrogens with zero attached hydrogens (tertiary/aromatic N) is 1. The molecule has 1 aliphatic carbocycles. The second-order valence-electron chi connectivity index (χ2n) is 7.71. The number of aryl methyl sites for hydroxylation is 1. The van der Waals surface area contributed by atoms with Gasteiger partial charge in [0.05, 0.1) is 12.3 Å². The second-order valence-corrected chi connectivity index (χ2v) is 7.71. The van der Waals surface area contributed by atoms with Crippen molar-refractivity contribution in [3.8, 4) is 5.75 Å². The molecule has 0 fully saturated rings. The fourth-order valence-corrected chi connectivity index (χ4v) is 3.93. The summed E-state index contributed by atoms with van der Waals surface area (Å²) in [5, 5.41) is 0. The maximum absolute atomic E-state index is 12.1. The van der Waals surface area contributed by atoms with Gasteiger partial charge in [0.1, 0.15) is 18.1 Å². The van der Waals surface area contributed by atoms with Gasteiger partial charge in [-0.05, 0) is 68.0 Å². The van der Waals surface area contributed by atoms with Gasteiger partial charge in [0.2, 0.25) is 0 Å². The molecule has 1 aromatic heterocycles. The van der Waals surface area contributed by atoms with E-state index < -0.39 is 0 Å². The highest BCUT2D eigenvalue weighted by Gasteiger charge is 2.22. The Hall–Kier alpha value is -3.40. The molecule has 1 aliphatic rings. The summed E-state index contributed by atoms with van der Waals surface area (Å²) in [6.07, 6.45) is 2.95. The van der Waals surface area contributed by atoms with E-state index in [1.54, 1.807) is 13.0 Å². The molecule has 1 heterocycles. The smallest absolute Gasteiger partial charge is 0.356 e. The van der Waals surface area contributed by atoms with Crippen LogP contribution >= 0.6 is 0 Å². The Labute approximate surface area is 183 Å². The van der Waals surface area contributed by atoms with Crippen molar-refractivity contribution in [1.29, 1.82) is 0 Å². The Morgan fingerprint density at radius 3 is 2.52 bits per heavy atom. The highest BCUT2D eigenvalue weighted by atomic mass is 16.5. The highest BCUT2D eigenvalue weighted by molar-refractivity contribution is 5.94. The molecule has 4 heteroatoms. The van der Waals surface area contributed by atoms with Crippen LogP contribution in [0.5, 0.6) is 5.75 Å². The van der Waals surface area contributed by atoms with Gasteiger partial charge in [-0.2, -0.15) is 0 Å². The zero-order valence-electron chi connectivity index (χ0n) is 18.1. The predicted molar refractivity (Wildman–Crippen MR) is 123 cm³/mol. The third-order valence-corrected chi connectivity index (χ3v) is 5.49. The molecule has 2 aromatic carbocycles. The molecule has 0 spiro atoms. The molecule has 0 saturated heterocycles. The van der Waals surface area contributed by atoms with Gasteiger partial charge in [-0.15, -0.1) is 0 Å². The third kappa shape index (κ3) is 4.85. The Morgan fingerprint density at radius 1 is 0.935 bits per heavy atom. The van der Waals surface area contributed by atoms with E-state index in [4.69, 9.17) is 9.47 Å². The van der Waals surface area contributed by atoms with E-state index in [0.29, 0.717) is 18.9 Å². The van der Waals surface area contributed by atoms with Crippen LogP contribution in [-0.2, 0) is 11.3 Å². The van der Waals surface area contributed by atoms with E-state index >= 15 is 0 Å². The topological polar surface area (TPSA) is 48.4 Å². The SMILES string of the molecule is CCOC(=O)c1cccc(C2=C(c3ccccc3OCc3ccc(C)cc3)CCC2)n1. The monoisotopic (exact) mass is 413 g/mol. The lowest BCUT2D eigenvalue weighted by Gasteiger charge is -2.14. The number of benzene rings is 2. The largest absolute Gasteiger partial charge is 0.488 e. The summed E-state index contributed by atoms with van der Waals surface area (Å²) in [4.78, 5) is 16.7. The number of rotatable bonds is 7. The van der Waals surface area contributed by atoms with Crippen molar-refractivity contribution < 1.29 is 14.3 Å². The van der Waals surface area contributed by atoms with Gasteiger partial charge >= 0.3 is 5.97 Å². The first-order valence-electron chi connectivity index (χ1n) is 10.8. The number of aromatic nitrogens is 1. The number of hydrogen-bond donors (Lipinski definition) is 0. The maximum Gasteiger partial charge on any atom is 0.356 e. The summed E-state index contributed by atoms with van der Waals surface area (Å²) in [5.74, 6) is 0.491. The lowest BCUT2D eigenvalue weighted by atomic mass is 9.99. The third-order valence-electron chi connectivity index (χ3n) is 5.49. The molecule has 31 heavy (non-hydrogen) atoms. The summed E-state index contributed by atoms with van der Waals surface area (Å²) in [6.45, 7) is 4.74. The number of esters is 1. The molecular weight excluding hydrogens is 386 g/mol. The van der Waals surface area contributed by atoms with E-state index in [1.165, 1.54) is 16.7 Å². The second kappa shape index (κ2) is 9.61. The fraction of sp³-hybridized carbons (Fsp3) is 0.259. The zero-order valence-corrected chi connectivity index (χ0v) is 18.1. The van der Waals surface area contributed by atoms with E-state index in [1.807, 2.05) is 30.3 Å². The van der Waals surface area contributed by atoms with Gasteiger partial charge < -0.3 is 9.47 Å². The lowest BCUT2D eigenvalue weighted by Crippen LogP contribution is -2.08. The summed E-state index contributed by atoms with van der Waals surface area (Å²) >= 11 is 0. The van der Waals surface area contributed by atoms with Crippen LogP contribution in [0.1, 0.15) is 59.1 Å². The minimum absolute atomic E-state index is 0.338. The first-order valence-corrected chi connectivity index (χ1v) is 10.8. The number of pyridine rings is 1. The summed E-state index contributed by atoms with van der Waals surface area (Å²) < 4.78 is 11.3. The number of carbonyl (C=O) groups is 1. The molecular formula is C27H27NO3. The van der Waals surface area contributed by atoms with Crippen molar-refractivity contribution in [3.63, 3.8) is 0 Å². The van der Waals surface area contributed by atoms with Crippen molar-refractivity contribution in [2.45, 2.75) is 39.7 Å². The molecule has 0 atom stereocenters. The van der Waals surface area contributed by atoms with Crippen molar-refractivity contribution >= 4 is 17.1 Å². The van der Waals surface area contributed by atoms with Crippen molar-refractivity contribution in [1.82, 2.24) is 4.98 Å². The van der Waals surface area contributed by atoms with Crippen LogP contribution in [0.3, 0.4) is 0 Å². The van der Waals surface area contributed by atoms with Gasteiger partial charge in [-0.25, -0.2) is 9.78 Å². The minimum atomic E-state index is -0.383. The summed E-state index contributed by atoms with van der Waals surface area (Å²) in [7, 11) is 0. The molecule has 0 aliphatic heterocycles. The van der Waals surface area contributed by atoms with Crippen LogP contribution in [-0.4, -0.2) is 17.6 Å². The predicted octanol–water partition coefficient (Wildman–Crippen LogP) is 6.24. The molecule has 3 aromatic rings. The summed E-state index contributed by atoms with van der Waals surface area (Å²) in [6, 6.07) is 22.1. The number of carbonyl (C=O) groups excluding carboxylic acids is 1. The molecule has 0 saturated carbocycles. The Kier molecular flexibility index (Phi) is 6.46. The van der Waals surface area contributed by atoms with Crippen molar-refractivity contribution in [2.75, 3.05) is 6.61 Å². The average molecular weight is 414 g/mol. The molecule has 4 rings (SSSR count). The normalized spacial score (nSPS) is 13.4. The first-order chi connectivity index (χ1) is 15.2. The average Bonchev–Trinajstić information content (AvgIpc) is 3.29. The van der Waals surface area contributed by atoms with Crippen molar-refractivity contribution in [2.24, 2.45) is 0 Å². The molecule has 4 nitrogen and oxygen atoms in total. The summed E-state index contributed by atoms with van der Waals surface area (Å²) in [5.41, 5.74) is 7.09. The molecule has 0 bridgehead atoms. The van der Waals surface area contributed by atoms with E-state index in [-0.39, 0.29) is 5.97 Å². The number of ether oxygens (including phenoxy) is 2. The molecule has 0 radical (unpaired) electrons. The number of hydrogen-bond acceptors (Lipinski definition) is 4. The number of allylic oxidation sites excluding steroid dienone is 2. The van der Waals surface area contributed by atoms with Crippen LogP contribution in [0.25, 0.3) is 11.1 Å². The number of para-hydroxylation sites is 1.